The Labute approximate surface area is 108 Å². The average molecular weight is 236 g/mol. The van der Waals surface area contributed by atoms with Crippen molar-refractivity contribution in [1.29, 1.82) is 0 Å². The number of ether oxygens (including phenoxy) is 1. The monoisotopic (exact) mass is 236 g/mol. The second-order valence-electron chi connectivity index (χ2n) is 4.72. The lowest BCUT2D eigenvalue weighted by molar-refractivity contribution is 0.414. The zero-order valence-electron chi connectivity index (χ0n) is 10.7. The second-order valence-corrected chi connectivity index (χ2v) is 4.72. The van der Waals surface area contributed by atoms with Gasteiger partial charge in [0.2, 0.25) is 0 Å². The number of hydrogen-bond donors (Lipinski definition) is 0. The fourth-order valence-corrected chi connectivity index (χ4v) is 2.70. The van der Waals surface area contributed by atoms with Gasteiger partial charge in [-0.15, -0.1) is 0 Å². The van der Waals surface area contributed by atoms with Crippen molar-refractivity contribution in [2.24, 2.45) is 0 Å². The van der Waals surface area contributed by atoms with Crippen LogP contribution in [0.4, 0.5) is 0 Å². The van der Waals surface area contributed by atoms with Gasteiger partial charge in [0.25, 0.3) is 0 Å². The van der Waals surface area contributed by atoms with Gasteiger partial charge in [-0.3, -0.25) is 0 Å². The number of rotatable bonds is 2. The minimum atomic E-state index is 0.941. The summed E-state index contributed by atoms with van der Waals surface area (Å²) in [5.74, 6) is 0.941. The number of fused-ring (bicyclic) bond motifs is 1. The molecule has 2 aromatic carbocycles. The van der Waals surface area contributed by atoms with Crippen LogP contribution in [0.2, 0.25) is 0 Å². The fourth-order valence-electron chi connectivity index (χ4n) is 2.70. The van der Waals surface area contributed by atoms with Crippen LogP contribution in [0, 0.1) is 0 Å². The molecule has 0 spiro atoms. The molecule has 2 aromatic rings. The lowest BCUT2D eigenvalue weighted by Gasteiger charge is -2.08. The van der Waals surface area contributed by atoms with Crippen molar-refractivity contribution < 1.29 is 4.74 Å². The van der Waals surface area contributed by atoms with Gasteiger partial charge in [-0.1, -0.05) is 42.0 Å². The first-order valence-electron chi connectivity index (χ1n) is 6.22. The predicted octanol–water partition coefficient (Wildman–Crippen LogP) is 4.07. The van der Waals surface area contributed by atoms with Crippen LogP contribution >= 0.6 is 0 Å². The Morgan fingerprint density at radius 1 is 1.00 bits per heavy atom. The largest absolute Gasteiger partial charge is 0.497 e. The topological polar surface area (TPSA) is 9.23 Å². The summed E-state index contributed by atoms with van der Waals surface area (Å²) in [7, 11) is 1.72. The van der Waals surface area contributed by atoms with Crippen molar-refractivity contribution in [2.75, 3.05) is 7.11 Å². The highest BCUT2D eigenvalue weighted by molar-refractivity contribution is 5.87. The van der Waals surface area contributed by atoms with Crippen LogP contribution in [0.15, 0.2) is 54.1 Å². The number of methoxy groups -OCH3 is 1. The highest BCUT2D eigenvalue weighted by atomic mass is 16.5. The smallest absolute Gasteiger partial charge is 0.119 e. The first kappa shape index (κ1) is 11.1. The van der Waals surface area contributed by atoms with E-state index in [2.05, 4.69) is 49.4 Å². The molecule has 0 amide bonds. The third-order valence-electron chi connectivity index (χ3n) is 3.53. The molecule has 0 radical (unpaired) electrons. The van der Waals surface area contributed by atoms with Crippen molar-refractivity contribution in [1.82, 2.24) is 0 Å². The summed E-state index contributed by atoms with van der Waals surface area (Å²) in [4.78, 5) is 0. The van der Waals surface area contributed by atoms with Crippen molar-refractivity contribution in [3.05, 3.63) is 70.8 Å². The summed E-state index contributed by atoms with van der Waals surface area (Å²) < 4.78 is 5.30. The van der Waals surface area contributed by atoms with Gasteiger partial charge >= 0.3 is 0 Å². The number of hydrogen-bond acceptors (Lipinski definition) is 1. The zero-order valence-corrected chi connectivity index (χ0v) is 10.7. The summed E-state index contributed by atoms with van der Waals surface area (Å²) in [5, 5.41) is 0. The molecule has 0 saturated heterocycles. The summed E-state index contributed by atoms with van der Waals surface area (Å²) in [6.07, 6.45) is 1.02. The number of allylic oxidation sites excluding steroid dienone is 1. The molecule has 90 valence electrons. The van der Waals surface area contributed by atoms with Gasteiger partial charge in [0.1, 0.15) is 5.75 Å². The zero-order chi connectivity index (χ0) is 12.5. The molecule has 0 atom stereocenters. The molecule has 0 bridgehead atoms. The molecule has 0 fully saturated rings. The van der Waals surface area contributed by atoms with Crippen LogP contribution in [0.3, 0.4) is 0 Å². The Morgan fingerprint density at radius 3 is 2.50 bits per heavy atom. The first-order chi connectivity index (χ1) is 8.79. The van der Waals surface area contributed by atoms with E-state index in [1.165, 1.54) is 27.8 Å². The molecule has 18 heavy (non-hydrogen) atoms. The van der Waals surface area contributed by atoms with Crippen LogP contribution in [0.5, 0.6) is 5.75 Å². The van der Waals surface area contributed by atoms with Gasteiger partial charge in [-0.05, 0) is 47.7 Å². The SMILES string of the molecule is COc1ccc2c(c1)CC(C)=C2c1ccccc1. The fraction of sp³-hybridized carbons (Fsp3) is 0.176. The molecule has 1 heteroatoms. The minimum absolute atomic E-state index is 0.941. The summed E-state index contributed by atoms with van der Waals surface area (Å²) >= 11 is 0. The van der Waals surface area contributed by atoms with Gasteiger partial charge in [0, 0.05) is 0 Å². The Kier molecular flexibility index (Phi) is 2.67. The normalized spacial score (nSPS) is 13.7. The van der Waals surface area contributed by atoms with Crippen LogP contribution < -0.4 is 4.74 Å². The molecule has 0 unspecified atom stereocenters. The molecular formula is C17H16O. The highest BCUT2D eigenvalue weighted by Crippen LogP contribution is 2.38. The van der Waals surface area contributed by atoms with E-state index in [9.17, 15) is 0 Å². The molecular weight excluding hydrogens is 220 g/mol. The van der Waals surface area contributed by atoms with Crippen molar-refractivity contribution >= 4 is 5.57 Å². The van der Waals surface area contributed by atoms with Gasteiger partial charge in [-0.2, -0.15) is 0 Å². The van der Waals surface area contributed by atoms with E-state index in [1.54, 1.807) is 7.11 Å². The molecule has 0 aliphatic heterocycles. The Bertz CT molecular complexity index is 609. The molecule has 0 saturated carbocycles. The van der Waals surface area contributed by atoms with Crippen molar-refractivity contribution in [2.45, 2.75) is 13.3 Å². The van der Waals surface area contributed by atoms with E-state index in [0.29, 0.717) is 0 Å². The quantitative estimate of drug-likeness (QED) is 0.763. The van der Waals surface area contributed by atoms with Crippen LogP contribution in [0.25, 0.3) is 5.57 Å². The molecule has 1 nitrogen and oxygen atoms in total. The maximum atomic E-state index is 5.30. The second kappa shape index (κ2) is 4.34. The highest BCUT2D eigenvalue weighted by Gasteiger charge is 2.20. The molecule has 0 heterocycles. The predicted molar refractivity (Wildman–Crippen MR) is 74.8 cm³/mol. The lowest BCUT2D eigenvalue weighted by atomic mass is 9.98. The van der Waals surface area contributed by atoms with Crippen LogP contribution in [-0.2, 0) is 6.42 Å². The van der Waals surface area contributed by atoms with Gasteiger partial charge in [0.15, 0.2) is 0 Å². The van der Waals surface area contributed by atoms with E-state index >= 15 is 0 Å². The standard InChI is InChI=1S/C17H16O/c1-12-10-14-11-15(18-2)8-9-16(14)17(12)13-6-4-3-5-7-13/h3-9,11H,10H2,1-2H3. The first-order valence-corrected chi connectivity index (χ1v) is 6.22. The number of benzene rings is 2. The van der Waals surface area contributed by atoms with E-state index in [-0.39, 0.29) is 0 Å². The van der Waals surface area contributed by atoms with Crippen LogP contribution in [-0.4, -0.2) is 7.11 Å². The molecule has 0 N–H and O–H groups in total. The third-order valence-corrected chi connectivity index (χ3v) is 3.53. The molecule has 3 rings (SSSR count). The summed E-state index contributed by atoms with van der Waals surface area (Å²) in [6.45, 7) is 2.22. The maximum absolute atomic E-state index is 5.30. The van der Waals surface area contributed by atoms with E-state index in [1.807, 2.05) is 6.07 Å². The van der Waals surface area contributed by atoms with Crippen molar-refractivity contribution in [3.8, 4) is 5.75 Å². The van der Waals surface area contributed by atoms with Gasteiger partial charge < -0.3 is 4.74 Å². The molecule has 1 aliphatic carbocycles. The third kappa shape index (κ3) is 1.72. The Hall–Kier alpha value is -2.02. The van der Waals surface area contributed by atoms with Gasteiger partial charge in [-0.25, -0.2) is 0 Å². The maximum Gasteiger partial charge on any atom is 0.119 e. The van der Waals surface area contributed by atoms with E-state index < -0.39 is 0 Å². The molecule has 1 aliphatic rings. The average Bonchev–Trinajstić information content (AvgIpc) is 2.74. The Balaban J connectivity index is 2.11. The summed E-state index contributed by atoms with van der Waals surface area (Å²) in [6, 6.07) is 17.0. The molecule has 0 aromatic heterocycles. The summed E-state index contributed by atoms with van der Waals surface area (Å²) in [5.41, 5.74) is 6.84. The Morgan fingerprint density at radius 2 is 1.78 bits per heavy atom. The lowest BCUT2D eigenvalue weighted by Crippen LogP contribution is -1.89. The van der Waals surface area contributed by atoms with E-state index in [0.717, 1.165) is 12.2 Å². The van der Waals surface area contributed by atoms with E-state index in [4.69, 9.17) is 4.74 Å². The van der Waals surface area contributed by atoms with Gasteiger partial charge in [0.05, 0.1) is 7.11 Å². The van der Waals surface area contributed by atoms with Crippen molar-refractivity contribution in [3.63, 3.8) is 0 Å². The minimum Gasteiger partial charge on any atom is -0.497 e. The van der Waals surface area contributed by atoms with Crippen LogP contribution in [0.1, 0.15) is 23.6 Å².